The van der Waals surface area contributed by atoms with Gasteiger partial charge in [0, 0.05) is 30.6 Å². The third-order valence-corrected chi connectivity index (χ3v) is 8.04. The highest BCUT2D eigenvalue weighted by atomic mass is 35.5. The van der Waals surface area contributed by atoms with Gasteiger partial charge < -0.3 is 5.32 Å². The van der Waals surface area contributed by atoms with Crippen molar-refractivity contribution in [3.05, 3.63) is 82.9 Å². The Morgan fingerprint density at radius 1 is 0.935 bits per heavy atom. The quantitative estimate of drug-likeness (QED) is 0.599. The van der Waals surface area contributed by atoms with Crippen LogP contribution in [-0.4, -0.2) is 31.7 Å². The summed E-state index contributed by atoms with van der Waals surface area (Å²) >= 11 is 6.12. The number of rotatable bonds is 6. The second-order valence-electron chi connectivity index (χ2n) is 7.88. The van der Waals surface area contributed by atoms with Crippen molar-refractivity contribution >= 4 is 38.3 Å². The van der Waals surface area contributed by atoms with Crippen LogP contribution in [0.4, 0.5) is 0 Å². The molecular weight excluding hydrogens is 432 g/mol. The molecule has 7 heteroatoms. The van der Waals surface area contributed by atoms with Crippen LogP contribution in [0.2, 0.25) is 5.02 Å². The van der Waals surface area contributed by atoms with E-state index in [1.54, 1.807) is 24.3 Å². The highest BCUT2D eigenvalue weighted by Gasteiger charge is 2.31. The van der Waals surface area contributed by atoms with Crippen molar-refractivity contribution in [1.82, 2.24) is 9.62 Å². The van der Waals surface area contributed by atoms with Crippen LogP contribution in [0.1, 0.15) is 24.0 Å². The fourth-order valence-electron chi connectivity index (χ4n) is 4.07. The number of nitrogens with zero attached hydrogens (tertiary/aromatic N) is 1. The molecular formula is C24H25ClN2O3S. The molecule has 31 heavy (non-hydrogen) atoms. The number of sulfonamides is 1. The van der Waals surface area contributed by atoms with Crippen LogP contribution in [0.3, 0.4) is 0 Å². The standard InChI is InChI=1S/C24H25ClN2O3S/c25-23-11-4-2-7-21(23)17-31(29,30)27-14-12-19(13-15-27)24(28)26-16-20-9-5-8-18-6-1-3-10-22(18)20/h1-11,19H,12-17H2,(H,26,28). The van der Waals surface area contributed by atoms with Gasteiger partial charge in [-0.1, -0.05) is 72.3 Å². The maximum atomic E-state index is 12.8. The van der Waals surface area contributed by atoms with Crippen LogP contribution >= 0.6 is 11.6 Å². The summed E-state index contributed by atoms with van der Waals surface area (Å²) < 4.78 is 27.0. The van der Waals surface area contributed by atoms with Gasteiger partial charge in [0.25, 0.3) is 0 Å². The summed E-state index contributed by atoms with van der Waals surface area (Å²) in [6, 6.07) is 21.2. The summed E-state index contributed by atoms with van der Waals surface area (Å²) in [5.41, 5.74) is 1.67. The van der Waals surface area contributed by atoms with Crippen molar-refractivity contribution in [1.29, 1.82) is 0 Å². The second kappa shape index (κ2) is 9.39. The van der Waals surface area contributed by atoms with Crippen LogP contribution in [0.25, 0.3) is 10.8 Å². The first-order valence-corrected chi connectivity index (χ1v) is 12.4. The number of halogens is 1. The predicted molar refractivity (Wildman–Crippen MR) is 124 cm³/mol. The van der Waals surface area contributed by atoms with Crippen LogP contribution in [0, 0.1) is 5.92 Å². The summed E-state index contributed by atoms with van der Waals surface area (Å²) in [4.78, 5) is 12.7. The zero-order chi connectivity index (χ0) is 21.8. The molecule has 1 saturated heterocycles. The normalized spacial score (nSPS) is 15.8. The van der Waals surface area contributed by atoms with Crippen molar-refractivity contribution in [2.45, 2.75) is 25.1 Å². The molecule has 0 aromatic heterocycles. The Balaban J connectivity index is 1.33. The summed E-state index contributed by atoms with van der Waals surface area (Å²) in [6.07, 6.45) is 1.03. The molecule has 162 valence electrons. The topological polar surface area (TPSA) is 66.5 Å². The molecule has 1 aliphatic heterocycles. The fourth-order valence-corrected chi connectivity index (χ4v) is 5.95. The van der Waals surface area contributed by atoms with Crippen molar-refractivity contribution in [2.75, 3.05) is 13.1 Å². The van der Waals surface area contributed by atoms with E-state index in [2.05, 4.69) is 23.5 Å². The average Bonchev–Trinajstić information content (AvgIpc) is 2.79. The highest BCUT2D eigenvalue weighted by molar-refractivity contribution is 7.88. The number of piperidine rings is 1. The molecule has 5 nitrogen and oxygen atoms in total. The van der Waals surface area contributed by atoms with Crippen LogP contribution in [0.5, 0.6) is 0 Å². The van der Waals surface area contributed by atoms with E-state index in [1.165, 1.54) is 4.31 Å². The first-order chi connectivity index (χ1) is 14.9. The molecule has 0 saturated carbocycles. The van der Waals surface area contributed by atoms with E-state index >= 15 is 0 Å². The van der Waals surface area contributed by atoms with E-state index in [9.17, 15) is 13.2 Å². The molecule has 3 aromatic carbocycles. The number of fused-ring (bicyclic) bond motifs is 1. The Labute approximate surface area is 188 Å². The Kier molecular flexibility index (Phi) is 6.60. The lowest BCUT2D eigenvalue weighted by molar-refractivity contribution is -0.126. The molecule has 1 heterocycles. The van der Waals surface area contributed by atoms with Gasteiger partial charge in [-0.15, -0.1) is 0 Å². The molecule has 1 fully saturated rings. The third-order valence-electron chi connectivity index (χ3n) is 5.85. The third kappa shape index (κ3) is 5.09. The lowest BCUT2D eigenvalue weighted by atomic mass is 9.97. The number of hydrogen-bond acceptors (Lipinski definition) is 3. The van der Waals surface area contributed by atoms with Gasteiger partial charge in [-0.3, -0.25) is 4.79 Å². The Hall–Kier alpha value is -2.41. The molecule has 0 radical (unpaired) electrons. The van der Waals surface area contributed by atoms with Gasteiger partial charge in [0.1, 0.15) is 0 Å². The minimum Gasteiger partial charge on any atom is -0.352 e. The van der Waals surface area contributed by atoms with Gasteiger partial charge in [-0.2, -0.15) is 0 Å². The number of carbonyl (C=O) groups is 1. The minimum atomic E-state index is -3.47. The maximum Gasteiger partial charge on any atom is 0.223 e. The van der Waals surface area contributed by atoms with Gasteiger partial charge in [0.05, 0.1) is 5.75 Å². The SMILES string of the molecule is O=C(NCc1cccc2ccccc12)C1CCN(S(=O)(=O)Cc2ccccc2Cl)CC1. The zero-order valence-electron chi connectivity index (χ0n) is 17.1. The van der Waals surface area contributed by atoms with E-state index in [1.807, 2.05) is 24.3 Å². The lowest BCUT2D eigenvalue weighted by Crippen LogP contribution is -2.43. The molecule has 0 spiro atoms. The first-order valence-electron chi connectivity index (χ1n) is 10.4. The largest absolute Gasteiger partial charge is 0.352 e. The summed E-state index contributed by atoms with van der Waals surface area (Å²) in [5, 5.41) is 5.76. The van der Waals surface area contributed by atoms with Crippen molar-refractivity contribution < 1.29 is 13.2 Å². The van der Waals surface area contributed by atoms with Gasteiger partial charge in [-0.05, 0) is 40.8 Å². The van der Waals surface area contributed by atoms with Gasteiger partial charge in [0.15, 0.2) is 0 Å². The van der Waals surface area contributed by atoms with Crippen LogP contribution in [-0.2, 0) is 27.1 Å². The highest BCUT2D eigenvalue weighted by Crippen LogP contribution is 2.25. The van der Waals surface area contributed by atoms with E-state index in [0.717, 1.165) is 16.3 Å². The Morgan fingerprint density at radius 3 is 2.35 bits per heavy atom. The number of benzene rings is 3. The Bertz CT molecular complexity index is 1180. The Morgan fingerprint density at radius 2 is 1.58 bits per heavy atom. The van der Waals surface area contributed by atoms with Crippen molar-refractivity contribution in [2.24, 2.45) is 5.92 Å². The number of carbonyl (C=O) groups excluding carboxylic acids is 1. The van der Waals surface area contributed by atoms with E-state index in [4.69, 9.17) is 11.6 Å². The minimum absolute atomic E-state index is 0.0175. The molecule has 1 N–H and O–H groups in total. The molecule has 1 amide bonds. The first kappa shape index (κ1) is 21.8. The fraction of sp³-hybridized carbons (Fsp3) is 0.292. The summed E-state index contributed by atoms with van der Waals surface area (Å²) in [6.45, 7) is 1.16. The molecule has 0 bridgehead atoms. The number of amides is 1. The van der Waals surface area contributed by atoms with Gasteiger partial charge >= 0.3 is 0 Å². The average molecular weight is 457 g/mol. The van der Waals surface area contributed by atoms with E-state index in [0.29, 0.717) is 43.1 Å². The maximum absolute atomic E-state index is 12.8. The van der Waals surface area contributed by atoms with Gasteiger partial charge in [0.2, 0.25) is 15.9 Å². The summed E-state index contributed by atoms with van der Waals surface area (Å²) in [5.74, 6) is -0.317. The zero-order valence-corrected chi connectivity index (χ0v) is 18.7. The molecule has 0 aliphatic carbocycles. The molecule has 1 aliphatic rings. The molecule has 3 aromatic rings. The second-order valence-corrected chi connectivity index (χ2v) is 10.3. The van der Waals surface area contributed by atoms with Crippen molar-refractivity contribution in [3.8, 4) is 0 Å². The van der Waals surface area contributed by atoms with Crippen LogP contribution < -0.4 is 5.32 Å². The summed E-state index contributed by atoms with van der Waals surface area (Å²) in [7, 11) is -3.47. The number of hydrogen-bond donors (Lipinski definition) is 1. The monoisotopic (exact) mass is 456 g/mol. The molecule has 0 unspecified atom stereocenters. The lowest BCUT2D eigenvalue weighted by Gasteiger charge is -2.30. The van der Waals surface area contributed by atoms with E-state index < -0.39 is 10.0 Å². The van der Waals surface area contributed by atoms with Crippen molar-refractivity contribution in [3.63, 3.8) is 0 Å². The molecule has 0 atom stereocenters. The molecule has 4 rings (SSSR count). The van der Waals surface area contributed by atoms with Crippen LogP contribution in [0.15, 0.2) is 66.7 Å². The van der Waals surface area contributed by atoms with E-state index in [-0.39, 0.29) is 17.6 Å². The van der Waals surface area contributed by atoms with Gasteiger partial charge in [-0.25, -0.2) is 12.7 Å². The smallest absolute Gasteiger partial charge is 0.223 e. The number of nitrogens with one attached hydrogen (secondary N) is 1. The predicted octanol–water partition coefficient (Wildman–Crippen LogP) is 4.35.